The number of carbonyl (C=O) groups excluding carboxylic acids is 1. The molecule has 1 aliphatic carbocycles. The third-order valence-corrected chi connectivity index (χ3v) is 3.83. The maximum absolute atomic E-state index is 11.7. The van der Waals surface area contributed by atoms with Gasteiger partial charge in [-0.25, -0.2) is 0 Å². The summed E-state index contributed by atoms with van der Waals surface area (Å²) in [7, 11) is 0. The largest absolute Gasteiger partial charge is 0.360 e. The van der Waals surface area contributed by atoms with E-state index in [1.54, 1.807) is 0 Å². The number of nitrogens with one attached hydrogen (secondary N) is 2. The average molecular weight is 312 g/mol. The van der Waals surface area contributed by atoms with Crippen molar-refractivity contribution >= 4 is 11.6 Å². The third kappa shape index (κ3) is 6.07. The van der Waals surface area contributed by atoms with E-state index in [1.165, 1.54) is 0 Å². The van der Waals surface area contributed by atoms with Gasteiger partial charge in [0.2, 0.25) is 0 Å². The lowest BCUT2D eigenvalue weighted by Crippen LogP contribution is -2.53. The molecule has 0 bridgehead atoms. The molecule has 0 aromatic heterocycles. The van der Waals surface area contributed by atoms with Gasteiger partial charge >= 0.3 is 0 Å². The van der Waals surface area contributed by atoms with Crippen LogP contribution in [0.25, 0.3) is 0 Å². The highest BCUT2D eigenvalue weighted by Crippen LogP contribution is 2.44. The van der Waals surface area contributed by atoms with Crippen LogP contribution < -0.4 is 5.32 Å². The first-order valence-electron chi connectivity index (χ1n) is 8.93. The van der Waals surface area contributed by atoms with Crippen molar-refractivity contribution in [2.45, 2.75) is 85.9 Å². The van der Waals surface area contributed by atoms with E-state index in [4.69, 9.17) is 10.1 Å². The van der Waals surface area contributed by atoms with E-state index in [2.05, 4.69) is 19.2 Å². The molecule has 2 N–H and O–H groups in total. The lowest BCUT2D eigenvalue weighted by Gasteiger charge is -2.36. The standard InChI is InChI=1S/C14H24N2O2.2C2H6/c1-9(2)6-11(7-10(3)15)12-8-16-13(17)14(18-12)4-5-14;2*1-2/h9,11-12,15H,4-8H2,1-3H3,(H,16,17);2*1-2H3. The first-order valence-corrected chi connectivity index (χ1v) is 8.93. The fraction of sp³-hybridized carbons (Fsp3) is 0.889. The van der Waals surface area contributed by atoms with Gasteiger partial charge < -0.3 is 15.5 Å². The van der Waals surface area contributed by atoms with Crippen molar-refractivity contribution in [3.8, 4) is 0 Å². The van der Waals surface area contributed by atoms with Crippen LogP contribution >= 0.6 is 0 Å². The summed E-state index contributed by atoms with van der Waals surface area (Å²) in [5.74, 6) is 1.000. The second kappa shape index (κ2) is 9.98. The SMILES string of the molecule is CC.CC.CC(=N)CC(CC(C)C)C1CNC(=O)C2(CC2)O1. The van der Waals surface area contributed by atoms with Crippen LogP contribution in [-0.4, -0.2) is 29.9 Å². The molecule has 1 amide bonds. The number of carbonyl (C=O) groups is 1. The molecular formula is C18H36N2O2. The molecule has 4 nitrogen and oxygen atoms in total. The molecule has 1 saturated heterocycles. The van der Waals surface area contributed by atoms with Gasteiger partial charge in [0.15, 0.2) is 0 Å². The Labute approximate surface area is 136 Å². The number of hydrogen-bond donors (Lipinski definition) is 2. The maximum Gasteiger partial charge on any atom is 0.252 e. The summed E-state index contributed by atoms with van der Waals surface area (Å²) in [6, 6.07) is 0. The number of hydrogen-bond acceptors (Lipinski definition) is 3. The highest BCUT2D eigenvalue weighted by Gasteiger charge is 2.55. The van der Waals surface area contributed by atoms with Crippen LogP contribution in [0, 0.1) is 17.2 Å². The van der Waals surface area contributed by atoms with Gasteiger partial charge in [-0.3, -0.25) is 4.79 Å². The molecule has 4 heteroatoms. The summed E-state index contributed by atoms with van der Waals surface area (Å²) in [6.45, 7) is 14.8. The smallest absolute Gasteiger partial charge is 0.252 e. The fourth-order valence-corrected chi connectivity index (χ4v) is 2.83. The molecule has 130 valence electrons. The first-order chi connectivity index (χ1) is 10.4. The summed E-state index contributed by atoms with van der Waals surface area (Å²) < 4.78 is 6.05. The van der Waals surface area contributed by atoms with Crippen LogP contribution in [0.4, 0.5) is 0 Å². The molecule has 2 unspecified atom stereocenters. The van der Waals surface area contributed by atoms with Crippen LogP contribution in [-0.2, 0) is 9.53 Å². The van der Waals surface area contributed by atoms with Crippen LogP contribution in [0.3, 0.4) is 0 Å². The third-order valence-electron chi connectivity index (χ3n) is 3.83. The van der Waals surface area contributed by atoms with Crippen LogP contribution in [0.15, 0.2) is 0 Å². The van der Waals surface area contributed by atoms with Gasteiger partial charge in [0.25, 0.3) is 5.91 Å². The molecule has 2 rings (SSSR count). The second-order valence-electron chi connectivity index (χ2n) is 6.23. The summed E-state index contributed by atoms with van der Waals surface area (Å²) in [4.78, 5) is 11.7. The zero-order valence-corrected chi connectivity index (χ0v) is 15.6. The van der Waals surface area contributed by atoms with Crippen molar-refractivity contribution in [2.24, 2.45) is 11.8 Å². The zero-order valence-electron chi connectivity index (χ0n) is 15.6. The van der Waals surface area contributed by atoms with E-state index >= 15 is 0 Å². The van der Waals surface area contributed by atoms with Crippen molar-refractivity contribution in [1.82, 2.24) is 5.32 Å². The van der Waals surface area contributed by atoms with Crippen LogP contribution in [0.5, 0.6) is 0 Å². The predicted molar refractivity (Wildman–Crippen MR) is 93.5 cm³/mol. The van der Waals surface area contributed by atoms with Crippen LogP contribution in [0.1, 0.15) is 74.1 Å². The van der Waals surface area contributed by atoms with Crippen molar-refractivity contribution < 1.29 is 9.53 Å². The van der Waals surface area contributed by atoms with Crippen molar-refractivity contribution in [2.75, 3.05) is 6.54 Å². The van der Waals surface area contributed by atoms with E-state index < -0.39 is 5.60 Å². The van der Waals surface area contributed by atoms with Gasteiger partial charge in [-0.15, -0.1) is 0 Å². The molecule has 1 heterocycles. The monoisotopic (exact) mass is 312 g/mol. The second-order valence-corrected chi connectivity index (χ2v) is 6.23. The summed E-state index contributed by atoms with van der Waals surface area (Å²) in [5, 5.41) is 10.7. The molecule has 2 fully saturated rings. The highest BCUT2D eigenvalue weighted by molar-refractivity contribution is 5.88. The highest BCUT2D eigenvalue weighted by atomic mass is 16.5. The molecule has 1 saturated carbocycles. The molecule has 1 aliphatic heterocycles. The molecular weight excluding hydrogens is 276 g/mol. The van der Waals surface area contributed by atoms with Gasteiger partial charge in [-0.1, -0.05) is 41.5 Å². The minimum atomic E-state index is -0.506. The number of rotatable bonds is 5. The molecule has 0 aromatic carbocycles. The summed E-state index contributed by atoms with van der Waals surface area (Å²) in [6.07, 6.45) is 3.61. The Hall–Kier alpha value is -0.900. The Balaban J connectivity index is 0.00000102. The molecule has 2 aliphatic rings. The van der Waals surface area contributed by atoms with Crippen molar-refractivity contribution in [3.05, 3.63) is 0 Å². The molecule has 22 heavy (non-hydrogen) atoms. The Morgan fingerprint density at radius 3 is 2.27 bits per heavy atom. The Bertz CT molecular complexity index is 349. The molecule has 1 spiro atoms. The van der Waals surface area contributed by atoms with Gasteiger partial charge in [-0.2, -0.15) is 0 Å². The Morgan fingerprint density at radius 2 is 1.86 bits per heavy atom. The normalized spacial score (nSPS) is 22.7. The minimum Gasteiger partial charge on any atom is -0.360 e. The average Bonchev–Trinajstić information content (AvgIpc) is 3.25. The van der Waals surface area contributed by atoms with Gasteiger partial charge in [0.05, 0.1) is 6.10 Å². The van der Waals surface area contributed by atoms with E-state index in [0.29, 0.717) is 24.1 Å². The fourth-order valence-electron chi connectivity index (χ4n) is 2.83. The molecule has 0 radical (unpaired) electrons. The van der Waals surface area contributed by atoms with Gasteiger partial charge in [0.1, 0.15) is 5.60 Å². The zero-order chi connectivity index (χ0) is 17.3. The molecule has 2 atom stereocenters. The van der Waals surface area contributed by atoms with E-state index in [1.807, 2.05) is 34.6 Å². The van der Waals surface area contributed by atoms with E-state index in [9.17, 15) is 4.79 Å². The van der Waals surface area contributed by atoms with E-state index in [-0.39, 0.29) is 12.0 Å². The topological polar surface area (TPSA) is 62.2 Å². The van der Waals surface area contributed by atoms with Crippen molar-refractivity contribution in [1.29, 1.82) is 5.41 Å². The van der Waals surface area contributed by atoms with Crippen molar-refractivity contribution in [3.63, 3.8) is 0 Å². The number of amides is 1. The van der Waals surface area contributed by atoms with E-state index in [0.717, 1.165) is 25.7 Å². The molecule has 0 aromatic rings. The van der Waals surface area contributed by atoms with Gasteiger partial charge in [0, 0.05) is 12.3 Å². The number of morpholine rings is 1. The predicted octanol–water partition coefficient (Wildman–Crippen LogP) is 4.18. The quantitative estimate of drug-likeness (QED) is 0.748. The Kier molecular flexibility index (Phi) is 9.58. The van der Waals surface area contributed by atoms with Gasteiger partial charge in [-0.05, 0) is 44.4 Å². The minimum absolute atomic E-state index is 0.0635. The lowest BCUT2D eigenvalue weighted by atomic mass is 9.87. The summed E-state index contributed by atoms with van der Waals surface area (Å²) >= 11 is 0. The van der Waals surface area contributed by atoms with Crippen LogP contribution in [0.2, 0.25) is 0 Å². The Morgan fingerprint density at radius 1 is 1.32 bits per heavy atom. The maximum atomic E-state index is 11.7. The first kappa shape index (κ1) is 21.1. The number of ether oxygens (including phenoxy) is 1. The summed E-state index contributed by atoms with van der Waals surface area (Å²) in [5.41, 5.74) is 0.194. The lowest BCUT2D eigenvalue weighted by molar-refractivity contribution is -0.153.